The van der Waals surface area contributed by atoms with E-state index in [1.54, 1.807) is 0 Å². The predicted molar refractivity (Wildman–Crippen MR) is 114 cm³/mol. The van der Waals surface area contributed by atoms with Gasteiger partial charge in [0.25, 0.3) is 0 Å². The van der Waals surface area contributed by atoms with Crippen LogP contribution in [-0.4, -0.2) is 0 Å². The van der Waals surface area contributed by atoms with Crippen molar-refractivity contribution in [1.82, 2.24) is 0 Å². The van der Waals surface area contributed by atoms with E-state index >= 15 is 0 Å². The summed E-state index contributed by atoms with van der Waals surface area (Å²) >= 11 is 22.1. The van der Waals surface area contributed by atoms with Crippen LogP contribution in [0.2, 0.25) is 15.1 Å². The van der Waals surface area contributed by atoms with Gasteiger partial charge in [0.15, 0.2) is 5.75 Å². The molecule has 0 saturated heterocycles. The van der Waals surface area contributed by atoms with Gasteiger partial charge in [0, 0.05) is 21.7 Å². The molecule has 0 amide bonds. The summed E-state index contributed by atoms with van der Waals surface area (Å²) in [6.07, 6.45) is 0. The molecule has 0 saturated carbocycles. The molecule has 0 aromatic heterocycles. The Morgan fingerprint density at radius 3 is 2.19 bits per heavy atom. The monoisotopic (exact) mass is 469 g/mol. The van der Waals surface area contributed by atoms with Crippen molar-refractivity contribution in [3.63, 3.8) is 0 Å². The maximum Gasteiger partial charge on any atom is 0.156 e. The van der Waals surface area contributed by atoms with Gasteiger partial charge in [0.1, 0.15) is 6.61 Å². The van der Waals surface area contributed by atoms with Crippen LogP contribution in [-0.2, 0) is 13.2 Å². The summed E-state index contributed by atoms with van der Waals surface area (Å²) in [5, 5.41) is 4.95. The lowest BCUT2D eigenvalue weighted by molar-refractivity contribution is 0.306. The molecule has 0 unspecified atom stereocenters. The van der Waals surface area contributed by atoms with Crippen molar-refractivity contribution < 1.29 is 4.74 Å². The number of benzene rings is 3. The number of halogens is 4. The molecule has 0 fully saturated rings. The van der Waals surface area contributed by atoms with Crippen LogP contribution in [0.15, 0.2) is 65.1 Å². The van der Waals surface area contributed by atoms with Crippen LogP contribution >= 0.6 is 50.7 Å². The standard InChI is InChI=1S/C20H15BrCl3NO/c21-15-4-6-17(7-5-15)25-11-14-9-18(23)20(19(24)10-14)26-12-13-2-1-3-16(22)8-13/h1-10,25H,11-12H2. The van der Waals surface area contributed by atoms with Crippen LogP contribution < -0.4 is 10.1 Å². The van der Waals surface area contributed by atoms with E-state index in [4.69, 9.17) is 39.5 Å². The van der Waals surface area contributed by atoms with Gasteiger partial charge in [-0.25, -0.2) is 0 Å². The Morgan fingerprint density at radius 1 is 0.846 bits per heavy atom. The highest BCUT2D eigenvalue weighted by Gasteiger charge is 2.10. The fraction of sp³-hybridized carbons (Fsp3) is 0.100. The van der Waals surface area contributed by atoms with E-state index in [9.17, 15) is 0 Å². The third kappa shape index (κ3) is 5.31. The largest absolute Gasteiger partial charge is 0.486 e. The third-order valence-electron chi connectivity index (χ3n) is 3.67. The van der Waals surface area contributed by atoms with Gasteiger partial charge in [-0.2, -0.15) is 0 Å². The first kappa shape index (κ1) is 19.4. The average Bonchev–Trinajstić information content (AvgIpc) is 2.60. The SMILES string of the molecule is Clc1cccc(COc2c(Cl)cc(CNc3ccc(Br)cc3)cc2Cl)c1. The number of rotatable bonds is 6. The molecule has 0 aliphatic heterocycles. The molecule has 3 rings (SSSR count). The fourth-order valence-electron chi connectivity index (χ4n) is 2.41. The normalized spacial score (nSPS) is 10.6. The van der Waals surface area contributed by atoms with Crippen molar-refractivity contribution >= 4 is 56.4 Å². The zero-order valence-electron chi connectivity index (χ0n) is 13.6. The van der Waals surface area contributed by atoms with Gasteiger partial charge in [0.2, 0.25) is 0 Å². The quantitative estimate of drug-likeness (QED) is 0.400. The van der Waals surface area contributed by atoms with Crippen molar-refractivity contribution in [2.45, 2.75) is 13.2 Å². The molecule has 0 bridgehead atoms. The van der Waals surface area contributed by atoms with Crippen LogP contribution in [0.5, 0.6) is 5.75 Å². The lowest BCUT2D eigenvalue weighted by Crippen LogP contribution is -2.01. The van der Waals surface area contributed by atoms with Gasteiger partial charge in [-0.1, -0.05) is 62.9 Å². The Hall–Kier alpha value is -1.39. The van der Waals surface area contributed by atoms with E-state index in [2.05, 4.69) is 21.2 Å². The van der Waals surface area contributed by atoms with Gasteiger partial charge in [-0.3, -0.25) is 0 Å². The Morgan fingerprint density at radius 2 is 1.54 bits per heavy atom. The molecule has 2 nitrogen and oxygen atoms in total. The highest BCUT2D eigenvalue weighted by Crippen LogP contribution is 2.35. The van der Waals surface area contributed by atoms with Gasteiger partial charge >= 0.3 is 0 Å². The molecule has 0 radical (unpaired) electrons. The molecule has 3 aromatic rings. The van der Waals surface area contributed by atoms with E-state index in [-0.39, 0.29) is 0 Å². The minimum absolute atomic E-state index is 0.344. The molecule has 0 spiro atoms. The number of ether oxygens (including phenoxy) is 1. The summed E-state index contributed by atoms with van der Waals surface area (Å²) < 4.78 is 6.83. The highest BCUT2D eigenvalue weighted by molar-refractivity contribution is 9.10. The van der Waals surface area contributed by atoms with Crippen LogP contribution in [0.1, 0.15) is 11.1 Å². The molecule has 26 heavy (non-hydrogen) atoms. The Labute approximate surface area is 176 Å². The fourth-order valence-corrected chi connectivity index (χ4v) is 3.53. The van der Waals surface area contributed by atoms with Crippen LogP contribution in [0, 0.1) is 0 Å². The Bertz CT molecular complexity index is 877. The predicted octanol–water partition coefficient (Wildman–Crippen LogP) is 7.60. The van der Waals surface area contributed by atoms with Crippen molar-refractivity contribution in [2.75, 3.05) is 5.32 Å². The molecule has 6 heteroatoms. The molecule has 0 heterocycles. The summed E-state index contributed by atoms with van der Waals surface area (Å²) in [4.78, 5) is 0. The molecule has 0 aliphatic carbocycles. The maximum atomic E-state index is 6.37. The number of hydrogen-bond donors (Lipinski definition) is 1. The summed E-state index contributed by atoms with van der Waals surface area (Å²) in [5.74, 6) is 0.473. The smallest absolute Gasteiger partial charge is 0.156 e. The van der Waals surface area contributed by atoms with Crippen LogP contribution in [0.4, 0.5) is 5.69 Å². The van der Waals surface area contributed by atoms with E-state index in [1.807, 2.05) is 60.7 Å². The van der Waals surface area contributed by atoms with Crippen LogP contribution in [0.25, 0.3) is 0 Å². The molecule has 3 aromatic carbocycles. The first-order valence-corrected chi connectivity index (χ1v) is 9.78. The summed E-state index contributed by atoms with van der Waals surface area (Å²) in [6, 6.07) is 19.1. The number of hydrogen-bond acceptors (Lipinski definition) is 2. The lowest BCUT2D eigenvalue weighted by atomic mass is 10.2. The highest BCUT2D eigenvalue weighted by atomic mass is 79.9. The molecule has 1 N–H and O–H groups in total. The Kier molecular flexibility index (Phi) is 6.71. The summed E-state index contributed by atoms with van der Waals surface area (Å²) in [7, 11) is 0. The average molecular weight is 472 g/mol. The second-order valence-electron chi connectivity index (χ2n) is 5.67. The van der Waals surface area contributed by atoms with Crippen molar-refractivity contribution in [1.29, 1.82) is 0 Å². The number of nitrogens with one attached hydrogen (secondary N) is 1. The van der Waals surface area contributed by atoms with E-state index in [0.29, 0.717) is 34.0 Å². The lowest BCUT2D eigenvalue weighted by Gasteiger charge is -2.13. The minimum atomic E-state index is 0.344. The molecular formula is C20H15BrCl3NO. The van der Waals surface area contributed by atoms with Crippen LogP contribution in [0.3, 0.4) is 0 Å². The van der Waals surface area contributed by atoms with Crippen molar-refractivity contribution in [3.05, 3.63) is 91.3 Å². The summed E-state index contributed by atoms with van der Waals surface area (Å²) in [6.45, 7) is 0.951. The van der Waals surface area contributed by atoms with E-state index in [0.717, 1.165) is 21.3 Å². The van der Waals surface area contributed by atoms with Gasteiger partial charge in [-0.05, 0) is 59.7 Å². The molecular weight excluding hydrogens is 456 g/mol. The molecule has 0 aliphatic rings. The third-order valence-corrected chi connectivity index (χ3v) is 5.00. The van der Waals surface area contributed by atoms with Gasteiger partial charge < -0.3 is 10.1 Å². The van der Waals surface area contributed by atoms with Crippen molar-refractivity contribution in [2.24, 2.45) is 0 Å². The first-order chi connectivity index (χ1) is 12.5. The zero-order valence-corrected chi connectivity index (χ0v) is 17.5. The number of anilines is 1. The first-order valence-electron chi connectivity index (χ1n) is 7.86. The zero-order chi connectivity index (χ0) is 18.5. The van der Waals surface area contributed by atoms with Gasteiger partial charge in [0.05, 0.1) is 10.0 Å². The Balaban J connectivity index is 1.66. The minimum Gasteiger partial charge on any atom is -0.486 e. The topological polar surface area (TPSA) is 21.3 Å². The maximum absolute atomic E-state index is 6.37. The molecule has 0 atom stereocenters. The second kappa shape index (κ2) is 9.01. The molecule has 134 valence electrons. The van der Waals surface area contributed by atoms with E-state index in [1.165, 1.54) is 0 Å². The van der Waals surface area contributed by atoms with Crippen molar-refractivity contribution in [3.8, 4) is 5.75 Å². The van der Waals surface area contributed by atoms with E-state index < -0.39 is 0 Å². The summed E-state index contributed by atoms with van der Waals surface area (Å²) in [5.41, 5.74) is 2.94. The second-order valence-corrected chi connectivity index (χ2v) is 7.83. The van der Waals surface area contributed by atoms with Gasteiger partial charge in [-0.15, -0.1) is 0 Å².